The summed E-state index contributed by atoms with van der Waals surface area (Å²) in [6, 6.07) is 9.34. The highest BCUT2D eigenvalue weighted by molar-refractivity contribution is 5.85. The second kappa shape index (κ2) is 10.1. The predicted molar refractivity (Wildman–Crippen MR) is 130 cm³/mol. The van der Waals surface area contributed by atoms with Crippen LogP contribution in [0, 0.1) is 17.1 Å². The van der Waals surface area contributed by atoms with Crippen molar-refractivity contribution in [3.05, 3.63) is 77.8 Å². The number of hydrogen-bond donors (Lipinski definition) is 1. The molecule has 0 aromatic carbocycles. The second-order valence-electron chi connectivity index (χ2n) is 8.29. The van der Waals surface area contributed by atoms with Crippen LogP contribution in [0.25, 0.3) is 22.2 Å². The van der Waals surface area contributed by atoms with E-state index in [0.29, 0.717) is 29.9 Å². The maximum absolute atomic E-state index is 14.0. The van der Waals surface area contributed by atoms with Gasteiger partial charge >= 0.3 is 0 Å². The zero-order valence-corrected chi connectivity index (χ0v) is 19.6. The summed E-state index contributed by atoms with van der Waals surface area (Å²) in [6.45, 7) is 2.00. The highest BCUT2D eigenvalue weighted by Crippen LogP contribution is 2.31. The average molecular weight is 487 g/mol. The number of rotatable bonds is 8. The fourth-order valence-electron chi connectivity index (χ4n) is 4.26. The van der Waals surface area contributed by atoms with Crippen molar-refractivity contribution in [3.63, 3.8) is 0 Å². The van der Waals surface area contributed by atoms with Gasteiger partial charge in [0, 0.05) is 43.2 Å². The van der Waals surface area contributed by atoms with Gasteiger partial charge in [0.15, 0.2) is 5.82 Å². The number of fused-ring (bicyclic) bond motifs is 1. The smallest absolute Gasteiger partial charge is 0.250 e. The number of halogens is 1. The highest BCUT2D eigenvalue weighted by atomic mass is 19.1. The van der Waals surface area contributed by atoms with Gasteiger partial charge in [-0.1, -0.05) is 12.1 Å². The van der Waals surface area contributed by atoms with Gasteiger partial charge in [-0.3, -0.25) is 9.88 Å². The molecule has 1 N–H and O–H groups in total. The highest BCUT2D eigenvalue weighted by Gasteiger charge is 2.19. The molecular weight excluding hydrogens is 463 g/mol. The molecule has 5 heterocycles. The molecule has 0 saturated carbocycles. The topological polar surface area (TPSA) is 109 Å². The summed E-state index contributed by atoms with van der Waals surface area (Å²) in [5.41, 5.74) is 5.37. The number of pyridine rings is 3. The predicted octanol–water partition coefficient (Wildman–Crippen LogP) is 3.08. The Kier molecular flexibility index (Phi) is 6.58. The lowest BCUT2D eigenvalue weighted by Gasteiger charge is -2.16. The summed E-state index contributed by atoms with van der Waals surface area (Å²) < 4.78 is 26.1. The third-order valence-corrected chi connectivity index (χ3v) is 5.92. The fourth-order valence-corrected chi connectivity index (χ4v) is 4.26. The van der Waals surface area contributed by atoms with Gasteiger partial charge in [0.25, 0.3) is 0 Å². The van der Waals surface area contributed by atoms with Crippen LogP contribution in [0.1, 0.15) is 16.8 Å². The lowest BCUT2D eigenvalue weighted by molar-refractivity contribution is 0.201. The van der Waals surface area contributed by atoms with Crippen LogP contribution in [0.2, 0.25) is 0 Å². The molecule has 0 fully saturated rings. The number of nitrogens with zero attached hydrogens (tertiary/aromatic N) is 6. The SMILES string of the molecule is COc1ncc(CN2CC=C(c3ccc(-c4cc(OCCO)cn5ncc(C#N)c45)cn3)C2)cc1F. The Morgan fingerprint density at radius 3 is 2.81 bits per heavy atom. The minimum atomic E-state index is -0.475. The van der Waals surface area contributed by atoms with Crippen molar-refractivity contribution in [2.45, 2.75) is 6.54 Å². The first kappa shape index (κ1) is 23.4. The number of ether oxygens (including phenoxy) is 2. The molecule has 0 atom stereocenters. The molecule has 182 valence electrons. The Balaban J connectivity index is 1.35. The van der Waals surface area contributed by atoms with E-state index < -0.39 is 5.82 Å². The lowest BCUT2D eigenvalue weighted by Crippen LogP contribution is -2.20. The largest absolute Gasteiger partial charge is 0.490 e. The molecule has 4 aromatic heterocycles. The summed E-state index contributed by atoms with van der Waals surface area (Å²) in [7, 11) is 1.39. The number of aliphatic hydroxyl groups excluding tert-OH is 1. The Bertz CT molecular complexity index is 1480. The lowest BCUT2D eigenvalue weighted by atomic mass is 10.0. The Hall–Kier alpha value is -4.33. The molecule has 0 unspecified atom stereocenters. The minimum absolute atomic E-state index is 0.0103. The second-order valence-corrected chi connectivity index (χ2v) is 8.29. The van der Waals surface area contributed by atoms with Crippen LogP contribution in [-0.4, -0.2) is 63.0 Å². The number of aliphatic hydroxyl groups is 1. The minimum Gasteiger partial charge on any atom is -0.490 e. The van der Waals surface area contributed by atoms with Crippen LogP contribution < -0.4 is 9.47 Å². The number of methoxy groups -OCH3 is 1. The van der Waals surface area contributed by atoms with Gasteiger partial charge < -0.3 is 14.6 Å². The zero-order chi connectivity index (χ0) is 25.1. The van der Waals surface area contributed by atoms with E-state index in [1.54, 1.807) is 23.1 Å². The van der Waals surface area contributed by atoms with E-state index in [9.17, 15) is 9.65 Å². The van der Waals surface area contributed by atoms with E-state index in [2.05, 4.69) is 32.1 Å². The fraction of sp³-hybridized carbons (Fsp3) is 0.231. The van der Waals surface area contributed by atoms with Gasteiger partial charge in [0.1, 0.15) is 18.4 Å². The van der Waals surface area contributed by atoms with Gasteiger partial charge in [-0.25, -0.2) is 13.9 Å². The molecule has 0 spiro atoms. The summed E-state index contributed by atoms with van der Waals surface area (Å²) >= 11 is 0. The summed E-state index contributed by atoms with van der Waals surface area (Å²) in [6.07, 6.45) is 8.69. The third kappa shape index (κ3) is 4.62. The van der Waals surface area contributed by atoms with Gasteiger partial charge in [-0.15, -0.1) is 0 Å². The number of nitriles is 1. The molecular formula is C26H23FN6O3. The Labute approximate surface area is 206 Å². The Morgan fingerprint density at radius 2 is 2.08 bits per heavy atom. The molecule has 5 rings (SSSR count). The quantitative estimate of drug-likeness (QED) is 0.405. The van der Waals surface area contributed by atoms with Crippen LogP contribution in [-0.2, 0) is 6.54 Å². The van der Waals surface area contributed by atoms with Crippen LogP contribution in [0.3, 0.4) is 0 Å². The zero-order valence-electron chi connectivity index (χ0n) is 19.6. The molecule has 36 heavy (non-hydrogen) atoms. The van der Waals surface area contributed by atoms with Crippen molar-refractivity contribution in [2.75, 3.05) is 33.4 Å². The molecule has 0 radical (unpaired) electrons. The molecule has 1 aliphatic rings. The Morgan fingerprint density at radius 1 is 1.19 bits per heavy atom. The molecule has 0 bridgehead atoms. The monoisotopic (exact) mass is 486 g/mol. The van der Waals surface area contributed by atoms with Crippen LogP contribution >= 0.6 is 0 Å². The first-order valence-corrected chi connectivity index (χ1v) is 11.3. The first-order chi connectivity index (χ1) is 17.6. The number of aromatic nitrogens is 4. The first-order valence-electron chi connectivity index (χ1n) is 11.3. The van der Waals surface area contributed by atoms with Gasteiger partial charge in [0.2, 0.25) is 5.88 Å². The summed E-state index contributed by atoms with van der Waals surface area (Å²) in [4.78, 5) is 10.9. The maximum Gasteiger partial charge on any atom is 0.250 e. The molecule has 10 heteroatoms. The van der Waals surface area contributed by atoms with Crippen LogP contribution in [0.5, 0.6) is 11.6 Å². The van der Waals surface area contributed by atoms with Crippen LogP contribution in [0.15, 0.2) is 55.1 Å². The third-order valence-electron chi connectivity index (χ3n) is 5.92. The molecule has 1 aliphatic heterocycles. The van der Waals surface area contributed by atoms with Gasteiger partial charge in [-0.05, 0) is 29.3 Å². The van der Waals surface area contributed by atoms with Crippen molar-refractivity contribution < 1.29 is 19.0 Å². The van der Waals surface area contributed by atoms with E-state index in [1.807, 2.05) is 18.2 Å². The standard InChI is InChI=1S/C26H23FN6O3/c1-35-26-23(27)8-17(11-30-26)14-32-5-4-19(15-32)24-3-2-18(12-29-24)22-9-21(36-7-6-34)16-33-25(22)20(10-28)13-31-33/h2-4,8-9,11-13,16,34H,5-7,14-15H2,1H3. The summed E-state index contributed by atoms with van der Waals surface area (Å²) in [5, 5.41) is 22.9. The van der Waals surface area contributed by atoms with Crippen molar-refractivity contribution in [1.82, 2.24) is 24.5 Å². The molecule has 4 aromatic rings. The van der Waals surface area contributed by atoms with Crippen molar-refractivity contribution >= 4 is 11.1 Å². The van der Waals surface area contributed by atoms with E-state index >= 15 is 0 Å². The maximum atomic E-state index is 14.0. The van der Waals surface area contributed by atoms with Crippen LogP contribution in [0.4, 0.5) is 4.39 Å². The van der Waals surface area contributed by atoms with Gasteiger partial charge in [0.05, 0.1) is 42.9 Å². The van der Waals surface area contributed by atoms with E-state index in [0.717, 1.165) is 34.5 Å². The van der Waals surface area contributed by atoms with Crippen molar-refractivity contribution in [1.29, 1.82) is 5.26 Å². The molecule has 0 amide bonds. The van der Waals surface area contributed by atoms with Crippen molar-refractivity contribution in [2.24, 2.45) is 0 Å². The summed E-state index contributed by atoms with van der Waals surface area (Å²) in [5.74, 6) is 0.0444. The normalized spacial score (nSPS) is 13.6. The van der Waals surface area contributed by atoms with E-state index in [-0.39, 0.29) is 19.1 Å². The van der Waals surface area contributed by atoms with Crippen molar-refractivity contribution in [3.8, 4) is 28.8 Å². The van der Waals surface area contributed by atoms with E-state index in [4.69, 9.17) is 14.6 Å². The number of hydrogen-bond acceptors (Lipinski definition) is 8. The van der Waals surface area contributed by atoms with E-state index in [1.165, 1.54) is 19.4 Å². The average Bonchev–Trinajstić information content (AvgIpc) is 3.54. The van der Waals surface area contributed by atoms with Gasteiger partial charge in [-0.2, -0.15) is 10.4 Å². The molecule has 9 nitrogen and oxygen atoms in total. The molecule has 0 aliphatic carbocycles. The molecule has 0 saturated heterocycles.